The monoisotopic (exact) mass is 278 g/mol. The fraction of sp³-hybridized carbons (Fsp3) is 0.533. The first-order chi connectivity index (χ1) is 9.05. The van der Waals surface area contributed by atoms with E-state index in [1.54, 1.807) is 0 Å². The first kappa shape index (κ1) is 12.9. The van der Waals surface area contributed by atoms with Gasteiger partial charge in [-0.15, -0.1) is 0 Å². The lowest BCUT2D eigenvalue weighted by Crippen LogP contribution is -2.59. The minimum Gasteiger partial charge on any atom is -0.353 e. The average molecular weight is 279 g/mol. The van der Waals surface area contributed by atoms with E-state index in [1.807, 2.05) is 24.3 Å². The fourth-order valence-electron chi connectivity index (χ4n) is 3.54. The van der Waals surface area contributed by atoms with Crippen molar-refractivity contribution in [2.45, 2.75) is 44.2 Å². The van der Waals surface area contributed by atoms with Crippen LogP contribution in [0.3, 0.4) is 0 Å². The van der Waals surface area contributed by atoms with Gasteiger partial charge in [0.2, 0.25) is 5.91 Å². The Balaban J connectivity index is 1.44. The molecular weight excluding hydrogens is 260 g/mol. The molecule has 3 rings (SSSR count). The minimum absolute atomic E-state index is 0.103. The molecule has 1 amide bonds. The van der Waals surface area contributed by atoms with Crippen LogP contribution in [0.25, 0.3) is 0 Å². The Morgan fingerprint density at radius 1 is 1.26 bits per heavy atom. The maximum absolute atomic E-state index is 11.9. The van der Waals surface area contributed by atoms with Crippen LogP contribution in [0.15, 0.2) is 24.3 Å². The van der Waals surface area contributed by atoms with E-state index in [-0.39, 0.29) is 5.91 Å². The summed E-state index contributed by atoms with van der Waals surface area (Å²) in [6, 6.07) is 8.18. The van der Waals surface area contributed by atoms with Crippen LogP contribution in [0.4, 0.5) is 0 Å². The van der Waals surface area contributed by atoms with Crippen molar-refractivity contribution in [3.8, 4) is 0 Å². The molecule has 19 heavy (non-hydrogen) atoms. The zero-order valence-corrected chi connectivity index (χ0v) is 11.6. The second kappa shape index (κ2) is 4.80. The molecule has 0 aliphatic heterocycles. The van der Waals surface area contributed by atoms with E-state index in [1.165, 1.54) is 0 Å². The van der Waals surface area contributed by atoms with Gasteiger partial charge in [0, 0.05) is 17.1 Å². The van der Waals surface area contributed by atoms with E-state index >= 15 is 0 Å². The Morgan fingerprint density at radius 2 is 1.89 bits per heavy atom. The predicted molar refractivity (Wildman–Crippen MR) is 76.0 cm³/mol. The smallest absolute Gasteiger partial charge is 0.224 e. The number of rotatable bonds is 3. The Bertz CT molecular complexity index is 471. The van der Waals surface area contributed by atoms with Gasteiger partial charge in [0.05, 0.1) is 6.42 Å². The second-order valence-corrected chi connectivity index (χ2v) is 6.58. The molecule has 0 radical (unpaired) electrons. The highest BCUT2D eigenvalue weighted by atomic mass is 35.5. The van der Waals surface area contributed by atoms with E-state index in [4.69, 9.17) is 17.3 Å². The van der Waals surface area contributed by atoms with Gasteiger partial charge in [0.15, 0.2) is 0 Å². The number of nitrogens with two attached hydrogens (primary N) is 1. The highest BCUT2D eigenvalue weighted by Crippen LogP contribution is 2.55. The lowest BCUT2D eigenvalue weighted by molar-refractivity contribution is -0.124. The fourth-order valence-corrected chi connectivity index (χ4v) is 3.67. The highest BCUT2D eigenvalue weighted by Gasteiger charge is 2.51. The minimum atomic E-state index is 0.103. The van der Waals surface area contributed by atoms with E-state index < -0.39 is 0 Å². The number of hydrogen-bond donors (Lipinski definition) is 2. The molecule has 1 aromatic carbocycles. The van der Waals surface area contributed by atoms with Gasteiger partial charge in [0.1, 0.15) is 0 Å². The molecule has 2 aliphatic rings. The number of benzene rings is 1. The van der Waals surface area contributed by atoms with Crippen molar-refractivity contribution in [3.05, 3.63) is 34.9 Å². The molecule has 3 nitrogen and oxygen atoms in total. The summed E-state index contributed by atoms with van der Waals surface area (Å²) in [7, 11) is 0. The molecule has 0 heterocycles. The number of nitrogens with one attached hydrogen (secondary N) is 1. The van der Waals surface area contributed by atoms with Crippen LogP contribution in [0, 0.1) is 5.41 Å². The summed E-state index contributed by atoms with van der Waals surface area (Å²) in [6.07, 6.45) is 4.91. The van der Waals surface area contributed by atoms with Crippen LogP contribution >= 0.6 is 11.6 Å². The normalized spacial score (nSPS) is 32.5. The third-order valence-corrected chi connectivity index (χ3v) is 4.64. The Labute approximate surface area is 118 Å². The summed E-state index contributed by atoms with van der Waals surface area (Å²) in [4.78, 5) is 11.9. The van der Waals surface area contributed by atoms with E-state index in [0.29, 0.717) is 28.9 Å². The second-order valence-electron chi connectivity index (χ2n) is 6.14. The molecule has 0 unspecified atom stereocenters. The summed E-state index contributed by atoms with van der Waals surface area (Å²) < 4.78 is 0. The van der Waals surface area contributed by atoms with Crippen molar-refractivity contribution in [1.29, 1.82) is 0 Å². The predicted octanol–water partition coefficient (Wildman–Crippen LogP) is 2.27. The molecule has 0 saturated heterocycles. The van der Waals surface area contributed by atoms with Crippen molar-refractivity contribution in [2.24, 2.45) is 11.1 Å². The molecule has 4 heteroatoms. The summed E-state index contributed by atoms with van der Waals surface area (Å²) in [5.74, 6) is 0.103. The third kappa shape index (κ3) is 2.77. The first-order valence-electron chi connectivity index (χ1n) is 6.84. The van der Waals surface area contributed by atoms with Gasteiger partial charge in [-0.2, -0.15) is 0 Å². The largest absolute Gasteiger partial charge is 0.353 e. The molecule has 2 aliphatic carbocycles. The summed E-state index contributed by atoms with van der Waals surface area (Å²) in [5, 5.41) is 3.81. The van der Waals surface area contributed by atoms with Gasteiger partial charge in [0.25, 0.3) is 0 Å². The number of carbonyl (C=O) groups excluding carboxylic acids is 1. The SMILES string of the molecule is NC1CC2(C1)CC(NC(=O)Cc1ccc(Cl)cc1)C2. The molecule has 2 saturated carbocycles. The lowest BCUT2D eigenvalue weighted by Gasteiger charge is -2.57. The molecule has 0 atom stereocenters. The topological polar surface area (TPSA) is 55.1 Å². The molecule has 3 N–H and O–H groups in total. The van der Waals surface area contributed by atoms with Crippen LogP contribution in [-0.2, 0) is 11.2 Å². The summed E-state index contributed by atoms with van der Waals surface area (Å²) in [5.41, 5.74) is 7.30. The average Bonchev–Trinajstić information content (AvgIpc) is 2.27. The van der Waals surface area contributed by atoms with Crippen molar-refractivity contribution in [1.82, 2.24) is 5.32 Å². The van der Waals surface area contributed by atoms with Gasteiger partial charge >= 0.3 is 0 Å². The molecule has 102 valence electrons. The van der Waals surface area contributed by atoms with Gasteiger partial charge in [-0.1, -0.05) is 23.7 Å². The van der Waals surface area contributed by atoms with Crippen LogP contribution in [0.5, 0.6) is 0 Å². The Hall–Kier alpha value is -1.06. The zero-order valence-electron chi connectivity index (χ0n) is 10.9. The highest BCUT2D eigenvalue weighted by molar-refractivity contribution is 6.30. The number of amides is 1. The standard InChI is InChI=1S/C15H19ClN2O/c16-11-3-1-10(2-4-11)5-14(19)18-13-8-15(9-13)6-12(17)7-15/h1-4,12-13H,5-9,17H2,(H,18,19). The maximum atomic E-state index is 11.9. The van der Waals surface area contributed by atoms with Crippen LogP contribution in [0.2, 0.25) is 5.02 Å². The number of carbonyl (C=O) groups is 1. The summed E-state index contributed by atoms with van der Waals surface area (Å²) >= 11 is 5.82. The van der Waals surface area contributed by atoms with Crippen molar-refractivity contribution in [2.75, 3.05) is 0 Å². The molecule has 0 aromatic heterocycles. The van der Waals surface area contributed by atoms with Crippen LogP contribution in [-0.4, -0.2) is 18.0 Å². The zero-order chi connectivity index (χ0) is 13.5. The van der Waals surface area contributed by atoms with Crippen molar-refractivity contribution < 1.29 is 4.79 Å². The van der Waals surface area contributed by atoms with Crippen LogP contribution < -0.4 is 11.1 Å². The molecule has 1 spiro atoms. The van der Waals surface area contributed by atoms with Gasteiger partial charge in [-0.3, -0.25) is 4.79 Å². The van der Waals surface area contributed by atoms with Crippen molar-refractivity contribution >= 4 is 17.5 Å². The van der Waals surface area contributed by atoms with E-state index in [2.05, 4.69) is 5.32 Å². The molecule has 1 aromatic rings. The van der Waals surface area contributed by atoms with Gasteiger partial charge in [-0.05, 0) is 48.8 Å². The first-order valence-corrected chi connectivity index (χ1v) is 7.22. The number of halogens is 1. The van der Waals surface area contributed by atoms with Gasteiger partial charge < -0.3 is 11.1 Å². The molecule has 0 bridgehead atoms. The number of hydrogen-bond acceptors (Lipinski definition) is 2. The quantitative estimate of drug-likeness (QED) is 0.891. The van der Waals surface area contributed by atoms with Crippen LogP contribution in [0.1, 0.15) is 31.2 Å². The third-order valence-electron chi connectivity index (χ3n) is 4.39. The lowest BCUT2D eigenvalue weighted by atomic mass is 9.52. The Morgan fingerprint density at radius 3 is 2.47 bits per heavy atom. The van der Waals surface area contributed by atoms with Gasteiger partial charge in [-0.25, -0.2) is 0 Å². The Kier molecular flexibility index (Phi) is 3.27. The van der Waals surface area contributed by atoms with E-state index in [0.717, 1.165) is 31.2 Å². The summed E-state index contributed by atoms with van der Waals surface area (Å²) in [6.45, 7) is 0. The maximum Gasteiger partial charge on any atom is 0.224 e. The van der Waals surface area contributed by atoms with E-state index in [9.17, 15) is 4.79 Å². The van der Waals surface area contributed by atoms with Crippen molar-refractivity contribution in [3.63, 3.8) is 0 Å². The molecular formula is C15H19ClN2O. The molecule has 2 fully saturated rings.